The van der Waals surface area contributed by atoms with Crippen molar-refractivity contribution in [1.82, 2.24) is 4.90 Å². The molecule has 3 rings (SSSR count). The zero-order chi connectivity index (χ0) is 18.7. The zero-order valence-corrected chi connectivity index (χ0v) is 15.9. The molecule has 2 aromatic rings. The van der Waals surface area contributed by atoms with Crippen LogP contribution in [-0.4, -0.2) is 37.6 Å². The molecule has 1 heterocycles. The normalized spacial score (nSPS) is 16.0. The number of amides is 1. The fourth-order valence-electron chi connectivity index (χ4n) is 3.16. The second-order valence-electron chi connectivity index (χ2n) is 6.80. The molecule has 0 atom stereocenters. The fraction of sp³-hybridized carbons (Fsp3) is 0.350. The Morgan fingerprint density at radius 3 is 2.46 bits per heavy atom. The Morgan fingerprint density at radius 1 is 1.12 bits per heavy atom. The van der Waals surface area contributed by atoms with Gasteiger partial charge >= 0.3 is 0 Å². The molecule has 2 aromatic carbocycles. The summed E-state index contributed by atoms with van der Waals surface area (Å²) < 4.78 is 25.7. The van der Waals surface area contributed by atoms with Gasteiger partial charge in [-0.25, -0.2) is 8.42 Å². The van der Waals surface area contributed by atoms with Crippen molar-refractivity contribution < 1.29 is 13.2 Å². The van der Waals surface area contributed by atoms with Gasteiger partial charge in [-0.2, -0.15) is 0 Å². The van der Waals surface area contributed by atoms with Crippen molar-refractivity contribution in [1.29, 1.82) is 0 Å². The molecule has 1 amide bonds. The van der Waals surface area contributed by atoms with Gasteiger partial charge < -0.3 is 4.90 Å². The highest BCUT2D eigenvalue weighted by Gasteiger charge is 2.29. The van der Waals surface area contributed by atoms with Crippen LogP contribution in [0.15, 0.2) is 54.6 Å². The summed E-state index contributed by atoms with van der Waals surface area (Å²) in [4.78, 5) is 14.9. The molecule has 0 N–H and O–H groups in total. The molecule has 0 aromatic heterocycles. The van der Waals surface area contributed by atoms with E-state index in [1.165, 1.54) is 4.31 Å². The van der Waals surface area contributed by atoms with E-state index in [-0.39, 0.29) is 17.7 Å². The van der Waals surface area contributed by atoms with E-state index in [1.54, 1.807) is 29.2 Å². The van der Waals surface area contributed by atoms with Crippen LogP contribution < -0.4 is 4.31 Å². The van der Waals surface area contributed by atoms with Crippen LogP contribution in [0.4, 0.5) is 5.69 Å². The SMILES string of the molecule is CC(C)N(Cc1ccccc1)C(=O)c1cccc(N2CCCS2(=O)=O)c1. The number of benzene rings is 2. The highest BCUT2D eigenvalue weighted by atomic mass is 32.2. The largest absolute Gasteiger partial charge is 0.332 e. The quantitative estimate of drug-likeness (QED) is 0.809. The Balaban J connectivity index is 1.87. The third-order valence-corrected chi connectivity index (χ3v) is 6.43. The topological polar surface area (TPSA) is 57.7 Å². The Bertz CT molecular complexity index is 879. The van der Waals surface area contributed by atoms with Crippen LogP contribution in [0.2, 0.25) is 0 Å². The summed E-state index contributed by atoms with van der Waals surface area (Å²) in [5, 5.41) is 0. The molecule has 1 fully saturated rings. The first-order valence-corrected chi connectivity index (χ1v) is 10.4. The molecule has 0 radical (unpaired) electrons. The van der Waals surface area contributed by atoms with E-state index < -0.39 is 10.0 Å². The molecule has 6 heteroatoms. The molecule has 0 saturated carbocycles. The molecule has 0 unspecified atom stereocenters. The smallest absolute Gasteiger partial charge is 0.254 e. The Kier molecular flexibility index (Phi) is 5.32. The summed E-state index contributed by atoms with van der Waals surface area (Å²) >= 11 is 0. The number of carbonyl (C=O) groups excluding carboxylic acids is 1. The molecule has 0 bridgehead atoms. The van der Waals surface area contributed by atoms with Crippen LogP contribution in [-0.2, 0) is 16.6 Å². The highest BCUT2D eigenvalue weighted by Crippen LogP contribution is 2.25. The minimum Gasteiger partial charge on any atom is -0.332 e. The maximum atomic E-state index is 13.1. The number of hydrogen-bond acceptors (Lipinski definition) is 3. The minimum atomic E-state index is -3.26. The van der Waals surface area contributed by atoms with E-state index in [0.717, 1.165) is 5.56 Å². The molecule has 1 aliphatic rings. The molecular weight excluding hydrogens is 348 g/mol. The van der Waals surface area contributed by atoms with Gasteiger partial charge in [0.25, 0.3) is 5.91 Å². The van der Waals surface area contributed by atoms with Crippen LogP contribution in [0, 0.1) is 0 Å². The summed E-state index contributed by atoms with van der Waals surface area (Å²) in [5.74, 6) is 0.0689. The van der Waals surface area contributed by atoms with Gasteiger partial charge in [0.1, 0.15) is 0 Å². The minimum absolute atomic E-state index is 0.0295. The van der Waals surface area contributed by atoms with Crippen molar-refractivity contribution in [3.63, 3.8) is 0 Å². The van der Waals surface area contributed by atoms with E-state index in [0.29, 0.717) is 30.8 Å². The van der Waals surface area contributed by atoms with Crippen LogP contribution in [0.5, 0.6) is 0 Å². The number of sulfonamides is 1. The van der Waals surface area contributed by atoms with Crippen LogP contribution >= 0.6 is 0 Å². The molecule has 138 valence electrons. The average Bonchev–Trinajstić information content (AvgIpc) is 2.99. The third kappa shape index (κ3) is 3.90. The van der Waals surface area contributed by atoms with E-state index in [9.17, 15) is 13.2 Å². The first-order chi connectivity index (χ1) is 12.4. The summed E-state index contributed by atoms with van der Waals surface area (Å²) in [6, 6.07) is 16.8. The number of carbonyl (C=O) groups is 1. The lowest BCUT2D eigenvalue weighted by Gasteiger charge is -2.27. The fourth-order valence-corrected chi connectivity index (χ4v) is 4.71. The van der Waals surface area contributed by atoms with Gasteiger partial charge in [-0.1, -0.05) is 36.4 Å². The lowest BCUT2D eigenvalue weighted by molar-refractivity contribution is 0.0690. The second-order valence-corrected chi connectivity index (χ2v) is 8.82. The maximum absolute atomic E-state index is 13.1. The van der Waals surface area contributed by atoms with Crippen molar-refractivity contribution in [3.8, 4) is 0 Å². The first-order valence-electron chi connectivity index (χ1n) is 8.84. The molecule has 0 spiro atoms. The van der Waals surface area contributed by atoms with Crippen molar-refractivity contribution in [2.45, 2.75) is 32.9 Å². The van der Waals surface area contributed by atoms with Crippen molar-refractivity contribution >= 4 is 21.6 Å². The Morgan fingerprint density at radius 2 is 1.85 bits per heavy atom. The van der Waals surface area contributed by atoms with Crippen LogP contribution in [0.25, 0.3) is 0 Å². The summed E-state index contributed by atoms with van der Waals surface area (Å²) in [5.41, 5.74) is 2.14. The van der Waals surface area contributed by atoms with Gasteiger partial charge in [0.05, 0.1) is 11.4 Å². The molecular formula is C20H24N2O3S. The maximum Gasteiger partial charge on any atom is 0.254 e. The second kappa shape index (κ2) is 7.50. The van der Waals surface area contributed by atoms with Gasteiger partial charge in [-0.3, -0.25) is 9.10 Å². The summed E-state index contributed by atoms with van der Waals surface area (Å²) in [6.45, 7) is 4.95. The van der Waals surface area contributed by atoms with Crippen molar-refractivity contribution in [3.05, 3.63) is 65.7 Å². The molecule has 26 heavy (non-hydrogen) atoms. The van der Waals surface area contributed by atoms with Crippen LogP contribution in [0.1, 0.15) is 36.2 Å². The third-order valence-electron chi connectivity index (χ3n) is 4.56. The van der Waals surface area contributed by atoms with Gasteiger partial charge in [0.15, 0.2) is 0 Å². The summed E-state index contributed by atoms with van der Waals surface area (Å²) in [6.07, 6.45) is 0.618. The zero-order valence-electron chi connectivity index (χ0n) is 15.1. The highest BCUT2D eigenvalue weighted by molar-refractivity contribution is 7.93. The van der Waals surface area contributed by atoms with Gasteiger partial charge in [0, 0.05) is 24.7 Å². The van der Waals surface area contributed by atoms with Gasteiger partial charge in [0.2, 0.25) is 10.0 Å². The number of hydrogen-bond donors (Lipinski definition) is 0. The lowest BCUT2D eigenvalue weighted by atomic mass is 10.1. The molecule has 1 saturated heterocycles. The predicted octanol–water partition coefficient (Wildman–Crippen LogP) is 3.28. The number of rotatable bonds is 5. The van der Waals surface area contributed by atoms with Gasteiger partial charge in [-0.05, 0) is 44.0 Å². The molecule has 0 aliphatic carbocycles. The van der Waals surface area contributed by atoms with E-state index in [4.69, 9.17) is 0 Å². The van der Waals surface area contributed by atoms with E-state index in [1.807, 2.05) is 44.2 Å². The van der Waals surface area contributed by atoms with E-state index in [2.05, 4.69) is 0 Å². The van der Waals surface area contributed by atoms with Crippen LogP contribution in [0.3, 0.4) is 0 Å². The van der Waals surface area contributed by atoms with Crippen molar-refractivity contribution in [2.24, 2.45) is 0 Å². The molecule has 5 nitrogen and oxygen atoms in total. The summed E-state index contributed by atoms with van der Waals surface area (Å²) in [7, 11) is -3.26. The van der Waals surface area contributed by atoms with E-state index >= 15 is 0 Å². The van der Waals surface area contributed by atoms with Crippen molar-refractivity contribution in [2.75, 3.05) is 16.6 Å². The Labute approximate surface area is 155 Å². The standard InChI is InChI=1S/C20H24N2O3S/c1-16(2)21(15-17-8-4-3-5-9-17)20(23)18-10-6-11-19(14-18)22-12-7-13-26(22,24)25/h3-6,8-11,14,16H,7,12-13,15H2,1-2H3. The van der Waals surface area contributed by atoms with Gasteiger partial charge in [-0.15, -0.1) is 0 Å². The molecule has 1 aliphatic heterocycles. The predicted molar refractivity (Wildman–Crippen MR) is 104 cm³/mol. The lowest BCUT2D eigenvalue weighted by Crippen LogP contribution is -2.36. The number of nitrogens with zero attached hydrogens (tertiary/aromatic N) is 2. The number of anilines is 1. The Hall–Kier alpha value is -2.34. The average molecular weight is 372 g/mol. The first kappa shape index (κ1) is 18.5. The monoisotopic (exact) mass is 372 g/mol.